The molecule has 248 valence electrons. The van der Waals surface area contributed by atoms with Gasteiger partial charge >= 0.3 is 0 Å². The molecule has 2 N–H and O–H groups in total. The van der Waals surface area contributed by atoms with Crippen LogP contribution in [-0.4, -0.2) is 92.7 Å². The molecule has 0 atom stereocenters. The number of amides is 2. The molecule has 1 aliphatic rings. The Kier molecular flexibility index (Phi) is 21.8. The van der Waals surface area contributed by atoms with Crippen LogP contribution in [0.1, 0.15) is 74.3 Å². The second-order valence-corrected chi connectivity index (χ2v) is 11.3. The number of nitrogens with one attached hydrogen (secondary N) is 2. The molecule has 2 amide bonds. The maximum Gasteiger partial charge on any atom is 0.252 e. The number of aromatic nitrogens is 1. The van der Waals surface area contributed by atoms with Gasteiger partial charge in [0.2, 0.25) is 5.91 Å². The van der Waals surface area contributed by atoms with E-state index in [9.17, 15) is 9.59 Å². The Hall–Kier alpha value is -3.33. The zero-order chi connectivity index (χ0) is 32.2. The average molecular weight is 620 g/mol. The van der Waals surface area contributed by atoms with Gasteiger partial charge in [-0.1, -0.05) is 67.7 Å². The van der Waals surface area contributed by atoms with Gasteiger partial charge < -0.3 is 20.3 Å². The highest BCUT2D eigenvalue weighted by atomic mass is 16.5. The van der Waals surface area contributed by atoms with Crippen LogP contribution in [0, 0.1) is 0 Å². The van der Waals surface area contributed by atoms with Crippen molar-refractivity contribution >= 4 is 11.8 Å². The number of unbranched alkanes of at least 4 members (excludes halogenated alkanes) is 1. The molecule has 0 radical (unpaired) electrons. The molecule has 0 saturated carbocycles. The maximum absolute atomic E-state index is 12.5. The quantitative estimate of drug-likeness (QED) is 0.122. The first-order valence-corrected chi connectivity index (χ1v) is 16.8. The Bertz CT molecular complexity index is 1070. The second kappa shape index (κ2) is 25.9. The fourth-order valence-corrected chi connectivity index (χ4v) is 4.60. The molecule has 2 heterocycles. The molecule has 8 heteroatoms. The molecule has 0 bridgehead atoms. The minimum absolute atomic E-state index is 0.0879. The summed E-state index contributed by atoms with van der Waals surface area (Å²) in [5.41, 5.74) is 1.57. The van der Waals surface area contributed by atoms with E-state index >= 15 is 0 Å². The zero-order valence-corrected chi connectivity index (χ0v) is 27.8. The highest BCUT2D eigenvalue weighted by molar-refractivity contribution is 5.93. The van der Waals surface area contributed by atoms with E-state index in [4.69, 9.17) is 4.74 Å². The lowest BCUT2D eigenvalue weighted by molar-refractivity contribution is -0.121. The molecule has 0 spiro atoms. The lowest BCUT2D eigenvalue weighted by atomic mass is 10.2. The van der Waals surface area contributed by atoms with Crippen molar-refractivity contribution in [3.8, 4) is 0 Å². The number of morpholine rings is 1. The van der Waals surface area contributed by atoms with Crippen molar-refractivity contribution in [2.45, 2.75) is 64.7 Å². The average Bonchev–Trinajstić information content (AvgIpc) is 3.06. The molecular formula is C37H57N5O3. The fraction of sp³-hybridized carbons (Fsp3) is 0.541. The van der Waals surface area contributed by atoms with Crippen LogP contribution < -0.4 is 10.6 Å². The van der Waals surface area contributed by atoms with Crippen molar-refractivity contribution in [1.29, 1.82) is 0 Å². The van der Waals surface area contributed by atoms with E-state index in [2.05, 4.69) is 93.1 Å². The SMILES string of the molecule is CC/C=C\C/C=C\C/C=C\C/C=C\C/C=C\CCCC(=O)NCCN(C)CCNC(=O)c1ccc(CCN2CCOCC2)nc1. The van der Waals surface area contributed by atoms with Crippen molar-refractivity contribution < 1.29 is 14.3 Å². The number of allylic oxidation sites excluding steroid dienone is 10. The van der Waals surface area contributed by atoms with Gasteiger partial charge in [0, 0.05) is 70.5 Å². The Morgan fingerprint density at radius 1 is 0.867 bits per heavy atom. The van der Waals surface area contributed by atoms with E-state index < -0.39 is 0 Å². The number of pyridine rings is 1. The molecule has 45 heavy (non-hydrogen) atoms. The van der Waals surface area contributed by atoms with Gasteiger partial charge in [0.1, 0.15) is 0 Å². The molecule has 0 unspecified atom stereocenters. The van der Waals surface area contributed by atoms with Crippen LogP contribution in [0.3, 0.4) is 0 Å². The maximum atomic E-state index is 12.5. The monoisotopic (exact) mass is 619 g/mol. The number of hydrogen-bond donors (Lipinski definition) is 2. The first-order valence-electron chi connectivity index (χ1n) is 16.8. The molecule has 0 aliphatic carbocycles. The van der Waals surface area contributed by atoms with Gasteiger partial charge in [-0.05, 0) is 64.1 Å². The number of ether oxygens (including phenoxy) is 1. The summed E-state index contributed by atoms with van der Waals surface area (Å²) in [6.07, 6.45) is 31.7. The van der Waals surface area contributed by atoms with E-state index in [0.717, 1.165) is 96.5 Å². The van der Waals surface area contributed by atoms with E-state index in [0.29, 0.717) is 31.6 Å². The van der Waals surface area contributed by atoms with Gasteiger partial charge in [-0.2, -0.15) is 0 Å². The van der Waals surface area contributed by atoms with E-state index in [1.54, 1.807) is 6.20 Å². The molecule has 2 rings (SSSR count). The van der Waals surface area contributed by atoms with Crippen molar-refractivity contribution in [1.82, 2.24) is 25.4 Å². The minimum Gasteiger partial charge on any atom is -0.379 e. The number of hydrogen-bond acceptors (Lipinski definition) is 6. The van der Waals surface area contributed by atoms with Crippen molar-refractivity contribution in [2.75, 3.05) is 66.1 Å². The van der Waals surface area contributed by atoms with Crippen LogP contribution in [0.25, 0.3) is 0 Å². The smallest absolute Gasteiger partial charge is 0.252 e. The largest absolute Gasteiger partial charge is 0.379 e. The third kappa shape index (κ3) is 20.3. The summed E-state index contributed by atoms with van der Waals surface area (Å²) < 4.78 is 5.39. The standard InChI is InChI=1S/C37H57N5O3/c1-3-4-5-6-7-8-9-10-11-12-13-14-15-16-17-18-19-20-36(43)38-24-27-41(2)28-25-39-37(44)34-21-22-35(40-33-34)23-26-42-29-31-45-32-30-42/h4-5,7-8,10-11,13-14,16-17,21-22,33H,3,6,9,12,15,18-20,23-32H2,1-2H3,(H,38,43)(H,39,44)/b5-4-,8-7-,11-10-,14-13-,17-16-. The molecule has 1 aliphatic heterocycles. The van der Waals surface area contributed by atoms with Gasteiger partial charge in [0.25, 0.3) is 5.91 Å². The Labute approximate surface area is 272 Å². The van der Waals surface area contributed by atoms with Crippen LogP contribution >= 0.6 is 0 Å². The summed E-state index contributed by atoms with van der Waals surface area (Å²) in [6, 6.07) is 3.78. The number of carbonyl (C=O) groups is 2. The lowest BCUT2D eigenvalue weighted by Gasteiger charge is -2.26. The summed E-state index contributed by atoms with van der Waals surface area (Å²) in [6.45, 7) is 9.20. The minimum atomic E-state index is -0.114. The molecule has 1 aromatic rings. The van der Waals surface area contributed by atoms with Gasteiger partial charge in [-0.3, -0.25) is 19.5 Å². The summed E-state index contributed by atoms with van der Waals surface area (Å²) in [4.78, 5) is 33.6. The Morgan fingerprint density at radius 2 is 1.47 bits per heavy atom. The third-order valence-electron chi connectivity index (χ3n) is 7.40. The highest BCUT2D eigenvalue weighted by Crippen LogP contribution is 2.04. The van der Waals surface area contributed by atoms with Crippen LogP contribution in [0.4, 0.5) is 0 Å². The Morgan fingerprint density at radius 3 is 2.07 bits per heavy atom. The summed E-state index contributed by atoms with van der Waals surface area (Å²) in [5.74, 6) is -0.0265. The number of nitrogens with zero attached hydrogens (tertiary/aromatic N) is 3. The van der Waals surface area contributed by atoms with E-state index in [1.165, 1.54) is 0 Å². The molecule has 1 saturated heterocycles. The molecule has 8 nitrogen and oxygen atoms in total. The van der Waals surface area contributed by atoms with Crippen LogP contribution in [0.15, 0.2) is 79.1 Å². The van der Waals surface area contributed by atoms with Crippen molar-refractivity contribution in [3.63, 3.8) is 0 Å². The van der Waals surface area contributed by atoms with Gasteiger partial charge in [-0.25, -0.2) is 0 Å². The number of carbonyl (C=O) groups excluding carboxylic acids is 2. The van der Waals surface area contributed by atoms with Crippen LogP contribution in [-0.2, 0) is 16.0 Å². The molecular weight excluding hydrogens is 562 g/mol. The van der Waals surface area contributed by atoms with E-state index in [1.807, 2.05) is 19.2 Å². The van der Waals surface area contributed by atoms with Crippen molar-refractivity contribution in [2.24, 2.45) is 0 Å². The molecule has 1 aromatic heterocycles. The third-order valence-corrected chi connectivity index (χ3v) is 7.40. The Balaban J connectivity index is 1.42. The highest BCUT2D eigenvalue weighted by Gasteiger charge is 2.11. The second-order valence-electron chi connectivity index (χ2n) is 11.3. The first-order chi connectivity index (χ1) is 22.1. The van der Waals surface area contributed by atoms with Crippen LogP contribution in [0.5, 0.6) is 0 Å². The summed E-state index contributed by atoms with van der Waals surface area (Å²) in [7, 11) is 1.99. The molecule has 1 fully saturated rings. The lowest BCUT2D eigenvalue weighted by Crippen LogP contribution is -2.37. The number of rotatable bonds is 23. The van der Waals surface area contributed by atoms with Crippen LogP contribution in [0.2, 0.25) is 0 Å². The predicted molar refractivity (Wildman–Crippen MR) is 186 cm³/mol. The van der Waals surface area contributed by atoms with Crippen molar-refractivity contribution in [3.05, 3.63) is 90.3 Å². The predicted octanol–water partition coefficient (Wildman–Crippen LogP) is 5.66. The topological polar surface area (TPSA) is 86.8 Å². The first kappa shape index (κ1) is 37.9. The fourth-order valence-electron chi connectivity index (χ4n) is 4.60. The normalized spacial score (nSPS) is 14.6. The van der Waals surface area contributed by atoms with Gasteiger partial charge in [0.15, 0.2) is 0 Å². The van der Waals surface area contributed by atoms with Gasteiger partial charge in [0.05, 0.1) is 18.8 Å². The summed E-state index contributed by atoms with van der Waals surface area (Å²) >= 11 is 0. The summed E-state index contributed by atoms with van der Waals surface area (Å²) in [5, 5.41) is 5.95. The van der Waals surface area contributed by atoms with E-state index in [-0.39, 0.29) is 11.8 Å². The van der Waals surface area contributed by atoms with Gasteiger partial charge in [-0.15, -0.1) is 0 Å². The zero-order valence-electron chi connectivity index (χ0n) is 27.8. The molecule has 0 aromatic carbocycles. The number of likely N-dealkylation sites (N-methyl/N-ethyl adjacent to an activating group) is 1.